The number of halogens is 2. The Balaban J connectivity index is 1.48. The number of nitrogens with zero attached hydrogens (tertiary/aromatic N) is 5. The highest BCUT2D eigenvalue weighted by molar-refractivity contribution is 7.11. The molecule has 1 aromatic carbocycles. The highest BCUT2D eigenvalue weighted by atomic mass is 32.1. The molecule has 0 saturated carbocycles. The lowest BCUT2D eigenvalue weighted by molar-refractivity contribution is -0.137. The summed E-state index contributed by atoms with van der Waals surface area (Å²) in [7, 11) is 1.27. The zero-order valence-corrected chi connectivity index (χ0v) is 22.5. The second-order valence-electron chi connectivity index (χ2n) is 9.46. The maximum absolute atomic E-state index is 14.6. The number of anilines is 1. The third kappa shape index (κ3) is 5.41. The number of aliphatic imine (C=N–C) groups is 1. The number of hydrogen-bond acceptors (Lipinski definition) is 10. The Morgan fingerprint density at radius 3 is 2.52 bits per heavy atom. The molecule has 4 heterocycles. The summed E-state index contributed by atoms with van der Waals surface area (Å²) in [6.07, 6.45) is 5.75. The van der Waals surface area contributed by atoms with E-state index in [1.807, 2.05) is 4.90 Å². The van der Waals surface area contributed by atoms with Crippen LogP contribution in [0.4, 0.5) is 14.7 Å². The summed E-state index contributed by atoms with van der Waals surface area (Å²) in [5.41, 5.74) is 1.79. The lowest BCUT2D eigenvalue weighted by Gasteiger charge is -2.36. The number of carboxylic acids is 1. The van der Waals surface area contributed by atoms with E-state index in [1.54, 1.807) is 11.6 Å². The Labute approximate surface area is 232 Å². The van der Waals surface area contributed by atoms with E-state index >= 15 is 0 Å². The van der Waals surface area contributed by atoms with Crippen molar-refractivity contribution in [1.29, 1.82) is 0 Å². The Bertz CT molecular complexity index is 1490. The van der Waals surface area contributed by atoms with Crippen LogP contribution in [-0.4, -0.2) is 58.0 Å². The van der Waals surface area contributed by atoms with Gasteiger partial charge < -0.3 is 20.1 Å². The van der Waals surface area contributed by atoms with Gasteiger partial charge in [-0.25, -0.2) is 28.5 Å². The van der Waals surface area contributed by atoms with Gasteiger partial charge in [0.2, 0.25) is 5.95 Å². The fourth-order valence-corrected chi connectivity index (χ4v) is 5.59. The summed E-state index contributed by atoms with van der Waals surface area (Å²) in [5, 5.41) is 14.7. The van der Waals surface area contributed by atoms with Gasteiger partial charge in [0.05, 0.1) is 19.1 Å². The van der Waals surface area contributed by atoms with Gasteiger partial charge in [0.25, 0.3) is 0 Å². The van der Waals surface area contributed by atoms with Gasteiger partial charge in [0, 0.05) is 54.2 Å². The van der Waals surface area contributed by atoms with Crippen molar-refractivity contribution in [2.24, 2.45) is 10.9 Å². The number of carbonyl (C=O) groups excluding carboxylic acids is 1. The highest BCUT2D eigenvalue weighted by Gasteiger charge is 2.38. The largest absolute Gasteiger partial charge is 0.481 e. The van der Waals surface area contributed by atoms with Crippen molar-refractivity contribution in [2.75, 3.05) is 25.1 Å². The molecule has 2 N–H and O–H groups in total. The van der Waals surface area contributed by atoms with Crippen molar-refractivity contribution in [1.82, 2.24) is 20.3 Å². The molecule has 2 aliphatic rings. The van der Waals surface area contributed by atoms with Gasteiger partial charge in [-0.05, 0) is 37.0 Å². The van der Waals surface area contributed by atoms with Crippen LogP contribution in [0.1, 0.15) is 40.6 Å². The van der Waals surface area contributed by atoms with E-state index in [4.69, 9.17) is 14.8 Å². The van der Waals surface area contributed by atoms with Gasteiger partial charge in [-0.3, -0.25) is 9.79 Å². The lowest BCUT2D eigenvalue weighted by atomic mass is 9.85. The summed E-state index contributed by atoms with van der Waals surface area (Å²) in [6.45, 7) is 2.60. The number of benzene rings is 1. The number of ether oxygens (including phenoxy) is 1. The molecule has 1 unspecified atom stereocenters. The van der Waals surface area contributed by atoms with Crippen LogP contribution >= 0.6 is 11.3 Å². The first-order valence-corrected chi connectivity index (χ1v) is 13.4. The molecule has 1 atom stereocenters. The van der Waals surface area contributed by atoms with Crippen molar-refractivity contribution in [3.8, 4) is 0 Å². The standard InChI is InChI=1S/C27H26F2N6O4S/c1-14-17(3-4-18(28)21(14)29)23-20(26(38)39-2)22(33-24(34-23)25-30-7-10-40-25)16-5-8-35(9-6-16)27-31-12-15(13-32-27)11-19(36)37/h3-4,7,10,12-13,16,23H,5-6,8-9,11H2,1-2H3,(H,33,34)(H,36,37). The molecule has 40 heavy (non-hydrogen) atoms. The molecule has 10 nitrogen and oxygen atoms in total. The third-order valence-corrected chi connectivity index (χ3v) is 7.80. The zero-order chi connectivity index (χ0) is 28.4. The number of allylic oxidation sites excluding steroid dienone is 1. The first-order chi connectivity index (χ1) is 19.3. The van der Waals surface area contributed by atoms with Gasteiger partial charge in [0.1, 0.15) is 6.04 Å². The molecular weight excluding hydrogens is 542 g/mol. The molecule has 1 saturated heterocycles. The number of methoxy groups -OCH3 is 1. The summed E-state index contributed by atoms with van der Waals surface area (Å²) in [4.78, 5) is 43.9. The molecule has 0 spiro atoms. The monoisotopic (exact) mass is 568 g/mol. The SMILES string of the molecule is COC(=O)C1=C(C2CCN(c3ncc(CC(=O)O)cn3)CC2)NC(c2nccs2)=NC1c1ccc(F)c(F)c1C. The Hall–Kier alpha value is -4.26. The van der Waals surface area contributed by atoms with Gasteiger partial charge in [0.15, 0.2) is 22.5 Å². The van der Waals surface area contributed by atoms with Crippen LogP contribution in [0.25, 0.3) is 0 Å². The van der Waals surface area contributed by atoms with Gasteiger partial charge >= 0.3 is 11.9 Å². The Morgan fingerprint density at radius 1 is 1.18 bits per heavy atom. The number of hydrogen-bond donors (Lipinski definition) is 2. The number of aromatic nitrogens is 3. The molecule has 0 amide bonds. The smallest absolute Gasteiger partial charge is 0.338 e. The molecular formula is C27H26F2N6O4S. The van der Waals surface area contributed by atoms with Gasteiger partial charge in [-0.15, -0.1) is 11.3 Å². The minimum atomic E-state index is -0.990. The van der Waals surface area contributed by atoms with Crippen LogP contribution in [0.3, 0.4) is 0 Å². The second kappa shape index (κ2) is 11.5. The van der Waals surface area contributed by atoms with Crippen LogP contribution < -0.4 is 10.2 Å². The molecule has 13 heteroatoms. The van der Waals surface area contributed by atoms with Crippen LogP contribution in [-0.2, 0) is 20.7 Å². The molecule has 1 fully saturated rings. The summed E-state index contributed by atoms with van der Waals surface area (Å²) < 4.78 is 33.8. The topological polar surface area (TPSA) is 130 Å². The van der Waals surface area contributed by atoms with Crippen molar-refractivity contribution in [3.05, 3.63) is 80.7 Å². The van der Waals surface area contributed by atoms with Crippen molar-refractivity contribution < 1.29 is 28.2 Å². The normalized spacial score (nSPS) is 17.9. The molecule has 0 aliphatic carbocycles. The number of carbonyl (C=O) groups is 2. The average Bonchev–Trinajstić information content (AvgIpc) is 3.51. The summed E-state index contributed by atoms with van der Waals surface area (Å²) in [5.74, 6) is -2.72. The predicted molar refractivity (Wildman–Crippen MR) is 143 cm³/mol. The number of thiazole rings is 1. The van der Waals surface area contributed by atoms with E-state index in [2.05, 4.69) is 20.3 Å². The van der Waals surface area contributed by atoms with E-state index in [0.29, 0.717) is 59.5 Å². The maximum Gasteiger partial charge on any atom is 0.338 e. The minimum Gasteiger partial charge on any atom is -0.481 e. The number of piperidine rings is 1. The predicted octanol–water partition coefficient (Wildman–Crippen LogP) is 3.58. The first-order valence-electron chi connectivity index (χ1n) is 12.6. The van der Waals surface area contributed by atoms with Crippen LogP contribution in [0, 0.1) is 24.5 Å². The van der Waals surface area contributed by atoms with E-state index in [1.165, 1.54) is 43.8 Å². The number of aliphatic carboxylic acids is 1. The molecule has 0 radical (unpaired) electrons. The van der Waals surface area contributed by atoms with Crippen LogP contribution in [0.2, 0.25) is 0 Å². The molecule has 2 aromatic heterocycles. The second-order valence-corrected chi connectivity index (χ2v) is 10.4. The first kappa shape index (κ1) is 27.3. The van der Waals surface area contributed by atoms with Gasteiger partial charge in [-0.1, -0.05) is 6.07 Å². The molecule has 0 bridgehead atoms. The minimum absolute atomic E-state index is 0.0632. The fourth-order valence-electron chi connectivity index (χ4n) is 5.00. The average molecular weight is 569 g/mol. The fraction of sp³-hybridized carbons (Fsp3) is 0.333. The number of amidine groups is 1. The van der Waals surface area contributed by atoms with Crippen molar-refractivity contribution >= 4 is 35.1 Å². The summed E-state index contributed by atoms with van der Waals surface area (Å²) >= 11 is 1.36. The quantitative estimate of drug-likeness (QED) is 0.411. The molecule has 5 rings (SSSR count). The number of rotatable bonds is 7. The summed E-state index contributed by atoms with van der Waals surface area (Å²) in [6, 6.07) is 1.55. The lowest BCUT2D eigenvalue weighted by Crippen LogP contribution is -2.42. The molecule has 3 aromatic rings. The van der Waals surface area contributed by atoms with Crippen LogP contribution in [0.15, 0.2) is 52.4 Å². The molecule has 208 valence electrons. The Morgan fingerprint density at radius 2 is 1.90 bits per heavy atom. The zero-order valence-electron chi connectivity index (χ0n) is 21.7. The highest BCUT2D eigenvalue weighted by Crippen LogP contribution is 2.39. The molecule has 2 aliphatic heterocycles. The van der Waals surface area contributed by atoms with Crippen molar-refractivity contribution in [3.63, 3.8) is 0 Å². The van der Waals surface area contributed by atoms with E-state index in [9.17, 15) is 18.4 Å². The number of esters is 1. The van der Waals surface area contributed by atoms with E-state index in [0.717, 1.165) is 6.07 Å². The Kier molecular flexibility index (Phi) is 7.83. The van der Waals surface area contributed by atoms with Gasteiger partial charge in [-0.2, -0.15) is 0 Å². The number of nitrogens with one attached hydrogen (secondary N) is 1. The van der Waals surface area contributed by atoms with Crippen LogP contribution in [0.5, 0.6) is 0 Å². The van der Waals surface area contributed by atoms with E-state index in [-0.39, 0.29) is 23.5 Å². The van der Waals surface area contributed by atoms with E-state index < -0.39 is 29.6 Å². The third-order valence-electron chi connectivity index (χ3n) is 7.02. The number of carboxylic acid groups (broad SMARTS) is 1. The maximum atomic E-state index is 14.6. The van der Waals surface area contributed by atoms with Crippen molar-refractivity contribution in [2.45, 2.75) is 32.2 Å².